The van der Waals surface area contributed by atoms with E-state index in [-0.39, 0.29) is 10.9 Å². The smallest absolute Gasteiger partial charge is 0.240 e. The first kappa shape index (κ1) is 23.0. The predicted molar refractivity (Wildman–Crippen MR) is 122 cm³/mol. The van der Waals surface area contributed by atoms with Gasteiger partial charge in [0.2, 0.25) is 15.2 Å². The maximum absolute atomic E-state index is 12.5. The van der Waals surface area contributed by atoms with Crippen LogP contribution in [-0.4, -0.2) is 44.6 Å². The SMILES string of the molecule is COc1ccc(S(=O)(=O)NC(C)CCNc2nc(Cc3ccccc3OC)ns2)cc1. The fourth-order valence-electron chi connectivity index (χ4n) is 2.96. The van der Waals surface area contributed by atoms with Crippen molar-refractivity contribution in [1.82, 2.24) is 14.1 Å². The van der Waals surface area contributed by atoms with Crippen LogP contribution in [0.15, 0.2) is 53.4 Å². The average molecular weight is 463 g/mol. The Bertz CT molecular complexity index is 1080. The lowest BCUT2D eigenvalue weighted by molar-refractivity contribution is 0.410. The molecule has 1 atom stereocenters. The summed E-state index contributed by atoms with van der Waals surface area (Å²) in [5, 5.41) is 3.92. The van der Waals surface area contributed by atoms with Crippen molar-refractivity contribution in [2.45, 2.75) is 30.7 Å². The first-order valence-electron chi connectivity index (χ1n) is 9.76. The van der Waals surface area contributed by atoms with E-state index in [4.69, 9.17) is 9.47 Å². The van der Waals surface area contributed by atoms with Crippen molar-refractivity contribution < 1.29 is 17.9 Å². The molecule has 0 aliphatic heterocycles. The summed E-state index contributed by atoms with van der Waals surface area (Å²) in [6.07, 6.45) is 1.18. The number of para-hydroxylation sites is 1. The molecule has 8 nitrogen and oxygen atoms in total. The molecule has 0 fully saturated rings. The Labute approximate surface area is 186 Å². The molecule has 10 heteroatoms. The Balaban J connectivity index is 1.48. The molecule has 0 aliphatic carbocycles. The summed E-state index contributed by atoms with van der Waals surface area (Å²) in [4.78, 5) is 4.71. The zero-order chi connectivity index (χ0) is 22.3. The highest BCUT2D eigenvalue weighted by Gasteiger charge is 2.17. The monoisotopic (exact) mass is 462 g/mol. The number of hydrogen-bond donors (Lipinski definition) is 2. The molecule has 166 valence electrons. The second kappa shape index (κ2) is 10.6. The van der Waals surface area contributed by atoms with Crippen LogP contribution >= 0.6 is 11.5 Å². The normalized spacial score (nSPS) is 12.4. The molecule has 1 unspecified atom stereocenters. The van der Waals surface area contributed by atoms with Crippen LogP contribution in [-0.2, 0) is 16.4 Å². The quantitative estimate of drug-likeness (QED) is 0.451. The van der Waals surface area contributed by atoms with Gasteiger partial charge >= 0.3 is 0 Å². The van der Waals surface area contributed by atoms with Gasteiger partial charge in [0.1, 0.15) is 17.3 Å². The Morgan fingerprint density at radius 3 is 2.52 bits per heavy atom. The number of rotatable bonds is 11. The van der Waals surface area contributed by atoms with Gasteiger partial charge in [-0.2, -0.15) is 4.37 Å². The third-order valence-corrected chi connectivity index (χ3v) is 6.90. The summed E-state index contributed by atoms with van der Waals surface area (Å²) in [5.41, 5.74) is 1.02. The van der Waals surface area contributed by atoms with Crippen LogP contribution < -0.4 is 19.5 Å². The van der Waals surface area contributed by atoms with Crippen molar-refractivity contribution in [2.24, 2.45) is 0 Å². The number of methoxy groups -OCH3 is 2. The molecule has 0 amide bonds. The first-order chi connectivity index (χ1) is 14.9. The van der Waals surface area contributed by atoms with E-state index in [0.29, 0.717) is 36.1 Å². The summed E-state index contributed by atoms with van der Waals surface area (Å²) >= 11 is 1.28. The number of hydrogen-bond acceptors (Lipinski definition) is 8. The van der Waals surface area contributed by atoms with Gasteiger partial charge in [-0.3, -0.25) is 0 Å². The van der Waals surface area contributed by atoms with Crippen LogP contribution in [0.5, 0.6) is 11.5 Å². The Hall–Kier alpha value is -2.69. The highest BCUT2D eigenvalue weighted by Crippen LogP contribution is 2.22. The molecule has 0 bridgehead atoms. The third kappa shape index (κ3) is 6.39. The Morgan fingerprint density at radius 2 is 1.81 bits per heavy atom. The van der Waals surface area contributed by atoms with E-state index in [1.54, 1.807) is 19.2 Å². The second-order valence-electron chi connectivity index (χ2n) is 6.92. The molecule has 1 heterocycles. The molecule has 3 rings (SSSR count). The molecule has 2 aromatic carbocycles. The molecule has 0 spiro atoms. The number of sulfonamides is 1. The second-order valence-corrected chi connectivity index (χ2v) is 9.38. The van der Waals surface area contributed by atoms with E-state index in [0.717, 1.165) is 11.3 Å². The molecule has 0 saturated heterocycles. The highest BCUT2D eigenvalue weighted by atomic mass is 32.2. The lowest BCUT2D eigenvalue weighted by atomic mass is 10.1. The Kier molecular flexibility index (Phi) is 7.83. The van der Waals surface area contributed by atoms with E-state index in [9.17, 15) is 8.42 Å². The fraction of sp³-hybridized carbons (Fsp3) is 0.333. The largest absolute Gasteiger partial charge is 0.497 e. The first-order valence-corrected chi connectivity index (χ1v) is 12.0. The van der Waals surface area contributed by atoms with Crippen molar-refractivity contribution >= 4 is 26.7 Å². The summed E-state index contributed by atoms with van der Waals surface area (Å²) in [6.45, 7) is 2.39. The van der Waals surface area contributed by atoms with Gasteiger partial charge in [0.25, 0.3) is 0 Å². The van der Waals surface area contributed by atoms with E-state index in [1.807, 2.05) is 31.2 Å². The van der Waals surface area contributed by atoms with Gasteiger partial charge in [0.05, 0.1) is 19.1 Å². The van der Waals surface area contributed by atoms with E-state index in [2.05, 4.69) is 19.4 Å². The van der Waals surface area contributed by atoms with E-state index >= 15 is 0 Å². The van der Waals surface area contributed by atoms with Crippen molar-refractivity contribution in [3.63, 3.8) is 0 Å². The minimum Gasteiger partial charge on any atom is -0.497 e. The van der Waals surface area contributed by atoms with Gasteiger partial charge in [0.15, 0.2) is 0 Å². The van der Waals surface area contributed by atoms with Gasteiger partial charge < -0.3 is 14.8 Å². The third-order valence-electron chi connectivity index (χ3n) is 4.59. The minimum absolute atomic E-state index is 0.207. The van der Waals surface area contributed by atoms with Crippen LogP contribution in [0.3, 0.4) is 0 Å². The fourth-order valence-corrected chi connectivity index (χ4v) is 4.85. The highest BCUT2D eigenvalue weighted by molar-refractivity contribution is 7.89. The lowest BCUT2D eigenvalue weighted by Gasteiger charge is -2.14. The maximum atomic E-state index is 12.5. The number of nitrogens with zero attached hydrogens (tertiary/aromatic N) is 2. The van der Waals surface area contributed by atoms with E-state index in [1.165, 1.54) is 30.8 Å². The predicted octanol–water partition coefficient (Wildman–Crippen LogP) is 3.32. The maximum Gasteiger partial charge on any atom is 0.240 e. The average Bonchev–Trinajstić information content (AvgIpc) is 3.21. The van der Waals surface area contributed by atoms with Gasteiger partial charge in [0, 0.05) is 36.1 Å². The molecule has 0 aliphatic rings. The van der Waals surface area contributed by atoms with Crippen molar-refractivity contribution in [2.75, 3.05) is 26.1 Å². The summed E-state index contributed by atoms with van der Waals surface area (Å²) in [5.74, 6) is 2.13. The van der Waals surface area contributed by atoms with Crippen molar-refractivity contribution in [3.05, 3.63) is 59.9 Å². The zero-order valence-corrected chi connectivity index (χ0v) is 19.3. The summed E-state index contributed by atoms with van der Waals surface area (Å²) in [6, 6.07) is 13.8. The molecule has 31 heavy (non-hydrogen) atoms. The molecular formula is C21H26N4O4S2. The van der Waals surface area contributed by atoms with Gasteiger partial charge in [-0.15, -0.1) is 0 Å². The molecule has 0 radical (unpaired) electrons. The van der Waals surface area contributed by atoms with Crippen LogP contribution in [0.2, 0.25) is 0 Å². The topological polar surface area (TPSA) is 102 Å². The summed E-state index contributed by atoms with van der Waals surface area (Å²) < 4.78 is 42.5. The number of nitrogens with one attached hydrogen (secondary N) is 2. The van der Waals surface area contributed by atoms with Crippen LogP contribution in [0.25, 0.3) is 0 Å². The molecule has 1 aromatic heterocycles. The lowest BCUT2D eigenvalue weighted by Crippen LogP contribution is -2.33. The van der Waals surface area contributed by atoms with Gasteiger partial charge in [-0.1, -0.05) is 18.2 Å². The standard InChI is InChI=1S/C21H26N4O4S2/c1-15(25-31(26,27)18-10-8-17(28-2)9-11-18)12-13-22-21-23-20(24-30-21)14-16-6-4-5-7-19(16)29-3/h4-11,15,25H,12-14H2,1-3H3,(H,22,23,24). The summed E-state index contributed by atoms with van der Waals surface area (Å²) in [7, 11) is -0.406. The number of ether oxygens (including phenoxy) is 2. The molecule has 3 aromatic rings. The van der Waals surface area contributed by atoms with E-state index < -0.39 is 10.0 Å². The van der Waals surface area contributed by atoms with Crippen LogP contribution in [0.4, 0.5) is 5.13 Å². The molecular weight excluding hydrogens is 436 g/mol. The Morgan fingerprint density at radius 1 is 1.06 bits per heavy atom. The zero-order valence-electron chi connectivity index (χ0n) is 17.7. The molecule has 0 saturated carbocycles. The number of benzene rings is 2. The van der Waals surface area contributed by atoms with Gasteiger partial charge in [-0.05, 0) is 43.7 Å². The molecule has 2 N–H and O–H groups in total. The number of aromatic nitrogens is 2. The van der Waals surface area contributed by atoms with Crippen LogP contribution in [0, 0.1) is 0 Å². The minimum atomic E-state index is -3.59. The number of anilines is 1. The van der Waals surface area contributed by atoms with Crippen LogP contribution in [0.1, 0.15) is 24.7 Å². The van der Waals surface area contributed by atoms with Gasteiger partial charge in [-0.25, -0.2) is 18.1 Å². The van der Waals surface area contributed by atoms with Crippen molar-refractivity contribution in [3.8, 4) is 11.5 Å². The van der Waals surface area contributed by atoms with Crippen molar-refractivity contribution in [1.29, 1.82) is 0 Å².